The van der Waals surface area contributed by atoms with Crippen molar-refractivity contribution in [1.29, 1.82) is 0 Å². The highest BCUT2D eigenvalue weighted by Crippen LogP contribution is 2.40. The lowest BCUT2D eigenvalue weighted by atomic mass is 10.0. The van der Waals surface area contributed by atoms with Gasteiger partial charge in [-0.05, 0) is 68.8 Å². The number of rotatable bonds is 12. The van der Waals surface area contributed by atoms with Gasteiger partial charge in [-0.1, -0.05) is 22.8 Å². The number of carbonyl (C=O) groups excluding carboxylic acids is 1. The van der Waals surface area contributed by atoms with Crippen LogP contribution in [0.4, 0.5) is 13.9 Å². The van der Waals surface area contributed by atoms with Crippen molar-refractivity contribution in [3.05, 3.63) is 101 Å². The predicted molar refractivity (Wildman–Crippen MR) is 193 cm³/mol. The summed E-state index contributed by atoms with van der Waals surface area (Å²) in [6.45, 7) is 4.90. The van der Waals surface area contributed by atoms with Crippen LogP contribution in [0, 0.1) is 11.6 Å². The topological polar surface area (TPSA) is 143 Å². The predicted octanol–water partition coefficient (Wildman–Crippen LogP) is 8.37. The lowest BCUT2D eigenvalue weighted by molar-refractivity contribution is -0.154. The minimum Gasteiger partial charge on any atom is -0.497 e. The molecule has 0 radical (unpaired) electrons. The summed E-state index contributed by atoms with van der Waals surface area (Å²) in [6.07, 6.45) is 0.991. The van der Waals surface area contributed by atoms with E-state index in [2.05, 4.69) is 14.5 Å². The molecule has 53 heavy (non-hydrogen) atoms. The number of carbonyl (C=O) groups is 1. The number of sulfonamides is 1. The third-order valence-electron chi connectivity index (χ3n) is 7.67. The van der Waals surface area contributed by atoms with Crippen LogP contribution in [0.5, 0.6) is 23.0 Å². The van der Waals surface area contributed by atoms with Gasteiger partial charge >= 0.3 is 5.97 Å². The van der Waals surface area contributed by atoms with E-state index in [0.717, 1.165) is 22.2 Å². The van der Waals surface area contributed by atoms with E-state index >= 15 is 8.78 Å². The molecule has 0 aliphatic rings. The van der Waals surface area contributed by atoms with Gasteiger partial charge in [0.1, 0.15) is 45.6 Å². The zero-order valence-corrected chi connectivity index (χ0v) is 31.2. The van der Waals surface area contributed by atoms with Gasteiger partial charge in [-0.15, -0.1) is 0 Å². The Morgan fingerprint density at radius 3 is 2.43 bits per heavy atom. The molecule has 0 fully saturated rings. The van der Waals surface area contributed by atoms with Crippen LogP contribution < -0.4 is 18.5 Å². The Morgan fingerprint density at radius 2 is 1.74 bits per heavy atom. The van der Waals surface area contributed by atoms with E-state index in [1.807, 2.05) is 0 Å². The van der Waals surface area contributed by atoms with Gasteiger partial charge in [-0.3, -0.25) is 4.79 Å². The van der Waals surface area contributed by atoms with Gasteiger partial charge in [0.2, 0.25) is 5.13 Å². The minimum atomic E-state index is -4.78. The highest BCUT2D eigenvalue weighted by molar-refractivity contribution is 7.93. The number of hydrogen-bond acceptors (Lipinski definition) is 12. The minimum absolute atomic E-state index is 0.0647. The van der Waals surface area contributed by atoms with Crippen LogP contribution in [0.2, 0.25) is 5.02 Å². The SMILES string of the molecule is COc1ccc(CN(c2ncns2)S(=O)(=O)c2cc(F)c(Oc3ccc(Cl)cc3-c3ccc4onc(CC(=O)OC(C)(C)C)c4c3)cc2F)c(OC)c1. The number of nitrogens with zero attached hydrogens (tertiary/aromatic N) is 4. The average Bonchev–Trinajstić information content (AvgIpc) is 3.78. The highest BCUT2D eigenvalue weighted by atomic mass is 35.5. The van der Waals surface area contributed by atoms with Crippen LogP contribution in [0.1, 0.15) is 32.0 Å². The van der Waals surface area contributed by atoms with Crippen LogP contribution >= 0.6 is 23.1 Å². The maximum Gasteiger partial charge on any atom is 0.312 e. The Labute approximate surface area is 312 Å². The molecule has 0 N–H and O–H groups in total. The Bertz CT molecular complexity index is 2420. The fourth-order valence-corrected chi connectivity index (χ4v) is 7.67. The van der Waals surface area contributed by atoms with Crippen molar-refractivity contribution in [2.75, 3.05) is 18.5 Å². The molecule has 0 atom stereocenters. The molecule has 0 bridgehead atoms. The molecule has 2 heterocycles. The molecule has 12 nitrogen and oxygen atoms in total. The smallest absolute Gasteiger partial charge is 0.312 e. The molecule has 0 saturated carbocycles. The van der Waals surface area contributed by atoms with Crippen molar-refractivity contribution >= 4 is 55.2 Å². The lowest BCUT2D eigenvalue weighted by Crippen LogP contribution is -2.31. The van der Waals surface area contributed by atoms with E-state index in [0.29, 0.717) is 62.0 Å². The summed E-state index contributed by atoms with van der Waals surface area (Å²) >= 11 is 7.10. The Balaban J connectivity index is 1.33. The van der Waals surface area contributed by atoms with Crippen molar-refractivity contribution in [2.45, 2.75) is 44.2 Å². The molecule has 0 amide bonds. The first-order valence-corrected chi connectivity index (χ1v) is 18.3. The highest BCUT2D eigenvalue weighted by Gasteiger charge is 2.33. The van der Waals surface area contributed by atoms with Gasteiger partial charge in [0, 0.05) is 51.3 Å². The standard InChI is InChI=1S/C36H31ClF2N4O8S2/c1-36(2,3)50-34(44)17-28-25-12-20(7-10-30(25)51-42-28)24-13-22(37)8-11-29(24)49-32-15-27(39)33(16-26(32)38)53(45,46)43(35-40-19-41-52-35)18-21-6-9-23(47-4)14-31(21)48-5/h6-16,19H,17-18H2,1-5H3. The third kappa shape index (κ3) is 8.19. The number of anilines is 1. The monoisotopic (exact) mass is 784 g/mol. The van der Waals surface area contributed by atoms with Crippen LogP contribution in [0.25, 0.3) is 22.1 Å². The average molecular weight is 785 g/mol. The third-order valence-corrected chi connectivity index (χ3v) is 10.5. The maximum atomic E-state index is 15.9. The fraction of sp³-hybridized carbons (Fsp3) is 0.222. The van der Waals surface area contributed by atoms with Crippen LogP contribution in [0.15, 0.2) is 82.5 Å². The van der Waals surface area contributed by atoms with E-state index in [-0.39, 0.29) is 23.8 Å². The fourth-order valence-electron chi connectivity index (χ4n) is 5.31. The van der Waals surface area contributed by atoms with Gasteiger partial charge in [0.25, 0.3) is 10.0 Å². The van der Waals surface area contributed by atoms with Gasteiger partial charge < -0.3 is 23.5 Å². The summed E-state index contributed by atoms with van der Waals surface area (Å²) in [5.74, 6) is -2.73. The molecule has 276 valence electrons. The van der Waals surface area contributed by atoms with Gasteiger partial charge in [-0.25, -0.2) is 26.5 Å². The van der Waals surface area contributed by atoms with Crippen molar-refractivity contribution in [3.8, 4) is 34.1 Å². The number of esters is 1. The van der Waals surface area contributed by atoms with E-state index in [1.165, 1.54) is 26.4 Å². The molecule has 0 unspecified atom stereocenters. The number of halogens is 3. The van der Waals surface area contributed by atoms with E-state index in [1.54, 1.807) is 63.2 Å². The van der Waals surface area contributed by atoms with Gasteiger partial charge in [0.05, 0.1) is 27.2 Å². The lowest BCUT2D eigenvalue weighted by Gasteiger charge is -2.23. The summed E-state index contributed by atoms with van der Waals surface area (Å²) in [7, 11) is -1.91. The zero-order chi connectivity index (χ0) is 38.1. The summed E-state index contributed by atoms with van der Waals surface area (Å²) in [5.41, 5.74) is 1.31. The molecular formula is C36H31ClF2N4O8S2. The number of methoxy groups -OCH3 is 2. The molecule has 17 heteroatoms. The van der Waals surface area contributed by atoms with E-state index in [9.17, 15) is 13.2 Å². The summed E-state index contributed by atoms with van der Waals surface area (Å²) in [4.78, 5) is 15.6. The van der Waals surface area contributed by atoms with Crippen LogP contribution in [-0.2, 0) is 32.5 Å². The maximum absolute atomic E-state index is 15.9. The number of hydrogen-bond donors (Lipinski definition) is 0. The van der Waals surface area contributed by atoms with Crippen LogP contribution in [0.3, 0.4) is 0 Å². The first-order chi connectivity index (χ1) is 25.2. The Hall–Kier alpha value is -5.32. The number of aromatic nitrogens is 3. The molecule has 0 spiro atoms. The van der Waals surface area contributed by atoms with Gasteiger partial charge in [-0.2, -0.15) is 4.37 Å². The molecule has 4 aromatic carbocycles. The van der Waals surface area contributed by atoms with Crippen molar-refractivity contribution in [2.24, 2.45) is 0 Å². The van der Waals surface area contributed by atoms with Crippen LogP contribution in [-0.4, -0.2) is 48.7 Å². The molecule has 0 aliphatic heterocycles. The second kappa shape index (κ2) is 15.0. The second-order valence-electron chi connectivity index (χ2n) is 12.5. The van der Waals surface area contributed by atoms with E-state index < -0.39 is 43.9 Å². The van der Waals surface area contributed by atoms with E-state index in [4.69, 9.17) is 35.1 Å². The van der Waals surface area contributed by atoms with Crippen molar-refractivity contribution in [3.63, 3.8) is 0 Å². The summed E-state index contributed by atoms with van der Waals surface area (Å²) < 4.78 is 91.8. The first kappa shape index (κ1) is 37.4. The second-order valence-corrected chi connectivity index (χ2v) is 15.5. The number of benzene rings is 4. The zero-order valence-electron chi connectivity index (χ0n) is 28.8. The normalized spacial score (nSPS) is 11.8. The molecule has 0 aliphatic carbocycles. The summed E-state index contributed by atoms with van der Waals surface area (Å²) in [6, 6.07) is 15.4. The Kier molecular flexibility index (Phi) is 10.6. The number of ether oxygens (including phenoxy) is 4. The molecule has 6 aromatic rings. The van der Waals surface area contributed by atoms with Crippen molar-refractivity contribution < 1.29 is 45.5 Å². The number of fused-ring (bicyclic) bond motifs is 1. The molecular weight excluding hydrogens is 754 g/mol. The molecule has 6 rings (SSSR count). The van der Waals surface area contributed by atoms with Gasteiger partial charge in [0.15, 0.2) is 17.1 Å². The quantitative estimate of drug-likeness (QED) is 0.110. The Morgan fingerprint density at radius 1 is 0.943 bits per heavy atom. The summed E-state index contributed by atoms with van der Waals surface area (Å²) in [5, 5.41) is 4.76. The molecule has 2 aromatic heterocycles. The largest absolute Gasteiger partial charge is 0.497 e. The first-order valence-electron chi connectivity index (χ1n) is 15.7. The molecule has 0 saturated heterocycles. The van der Waals surface area contributed by atoms with Crippen molar-refractivity contribution in [1.82, 2.24) is 14.5 Å².